The highest BCUT2D eigenvalue weighted by Gasteiger charge is 2.34. The minimum absolute atomic E-state index is 0.109. The largest absolute Gasteiger partial charge is 0.467 e. The molecule has 10 heteroatoms. The van der Waals surface area contributed by atoms with E-state index in [4.69, 9.17) is 8.83 Å². The van der Waals surface area contributed by atoms with Gasteiger partial charge in [-0.05, 0) is 61.7 Å². The molecule has 1 N–H and O–H groups in total. The van der Waals surface area contributed by atoms with Gasteiger partial charge < -0.3 is 19.1 Å². The van der Waals surface area contributed by atoms with Crippen LogP contribution in [0.1, 0.15) is 54.4 Å². The van der Waals surface area contributed by atoms with Crippen molar-refractivity contribution in [2.75, 3.05) is 0 Å². The molecule has 37 heavy (non-hydrogen) atoms. The summed E-state index contributed by atoms with van der Waals surface area (Å²) >= 11 is 0. The molecule has 2 amide bonds. The Hall–Kier alpha value is -4.21. The van der Waals surface area contributed by atoms with Gasteiger partial charge in [0.05, 0.1) is 12.8 Å². The summed E-state index contributed by atoms with van der Waals surface area (Å²) in [7, 11) is 0. The molecule has 0 saturated heterocycles. The lowest BCUT2D eigenvalue weighted by Crippen LogP contribution is -2.46. The number of carbonyl (C=O) groups is 2. The lowest BCUT2D eigenvalue weighted by Gasteiger charge is -2.31. The number of aryl methyl sites for hydroxylation is 2. The van der Waals surface area contributed by atoms with Gasteiger partial charge >= 0.3 is 0 Å². The second kappa shape index (κ2) is 10.8. The fourth-order valence-corrected chi connectivity index (χ4v) is 4.64. The van der Waals surface area contributed by atoms with Crippen LogP contribution in [0.25, 0.3) is 11.6 Å². The summed E-state index contributed by atoms with van der Waals surface area (Å²) in [5.41, 5.74) is 1.79. The van der Waals surface area contributed by atoms with Crippen LogP contribution in [0, 0.1) is 13.8 Å². The smallest absolute Gasteiger partial charge is 0.247 e. The van der Waals surface area contributed by atoms with Gasteiger partial charge in [0.15, 0.2) is 5.76 Å². The van der Waals surface area contributed by atoms with E-state index in [1.165, 1.54) is 9.70 Å². The molecular weight excluding hydrogens is 472 g/mol. The molecule has 5 rings (SSSR count). The summed E-state index contributed by atoms with van der Waals surface area (Å²) in [6, 6.07) is 14.0. The molecule has 1 fully saturated rings. The zero-order valence-corrected chi connectivity index (χ0v) is 21.0. The van der Waals surface area contributed by atoms with Crippen LogP contribution in [0.5, 0.6) is 0 Å². The van der Waals surface area contributed by atoms with E-state index >= 15 is 0 Å². The van der Waals surface area contributed by atoms with Crippen molar-refractivity contribution in [3.05, 3.63) is 77.4 Å². The van der Waals surface area contributed by atoms with Crippen molar-refractivity contribution in [2.24, 2.45) is 0 Å². The first-order valence-electron chi connectivity index (χ1n) is 12.5. The van der Waals surface area contributed by atoms with E-state index in [2.05, 4.69) is 20.7 Å². The molecule has 3 heterocycles. The van der Waals surface area contributed by atoms with Gasteiger partial charge in [-0.3, -0.25) is 9.59 Å². The number of nitrogens with one attached hydrogen (secondary N) is 1. The third-order valence-corrected chi connectivity index (χ3v) is 6.57. The second-order valence-electron chi connectivity index (χ2n) is 9.46. The van der Waals surface area contributed by atoms with Crippen molar-refractivity contribution < 1.29 is 18.4 Å². The number of hydrogen-bond acceptors (Lipinski definition) is 7. The summed E-state index contributed by atoms with van der Waals surface area (Å²) in [4.78, 5) is 30.2. The molecule has 4 aromatic rings. The molecule has 0 radical (unpaired) electrons. The topological polar surface area (TPSA) is 119 Å². The van der Waals surface area contributed by atoms with Gasteiger partial charge in [0.1, 0.15) is 24.1 Å². The first-order chi connectivity index (χ1) is 18.0. The summed E-state index contributed by atoms with van der Waals surface area (Å²) in [6.45, 7) is 3.72. The highest BCUT2D eigenvalue weighted by Crippen LogP contribution is 2.27. The second-order valence-corrected chi connectivity index (χ2v) is 9.46. The quantitative estimate of drug-likeness (QED) is 0.368. The van der Waals surface area contributed by atoms with Crippen molar-refractivity contribution >= 4 is 11.8 Å². The van der Waals surface area contributed by atoms with Crippen molar-refractivity contribution in [1.29, 1.82) is 0 Å². The molecule has 0 bridgehead atoms. The SMILES string of the molecule is Cc1ccc([C@@H](C(=O)NC2CCCC2)N(Cc2ccco2)C(=O)Cn2nnc(-c3ccc(C)o3)n2)cc1. The number of furan rings is 2. The zero-order chi connectivity index (χ0) is 25.8. The van der Waals surface area contributed by atoms with Gasteiger partial charge in [-0.1, -0.05) is 42.7 Å². The van der Waals surface area contributed by atoms with Crippen LogP contribution in [-0.2, 0) is 22.7 Å². The fraction of sp³-hybridized carbons (Fsp3) is 0.370. The summed E-state index contributed by atoms with van der Waals surface area (Å²) in [5, 5.41) is 15.5. The lowest BCUT2D eigenvalue weighted by molar-refractivity contribution is -0.143. The van der Waals surface area contributed by atoms with Crippen LogP contribution in [0.2, 0.25) is 0 Å². The molecule has 192 valence electrons. The van der Waals surface area contributed by atoms with E-state index in [1.54, 1.807) is 30.5 Å². The Labute approximate surface area is 214 Å². The molecular formula is C27H30N6O4. The Morgan fingerprint density at radius 1 is 1.11 bits per heavy atom. The molecule has 0 spiro atoms. The molecule has 1 saturated carbocycles. The zero-order valence-electron chi connectivity index (χ0n) is 21.0. The average Bonchev–Trinajstić information content (AvgIpc) is 3.69. The van der Waals surface area contributed by atoms with Crippen molar-refractivity contribution in [2.45, 2.75) is 64.7 Å². The number of nitrogens with zero attached hydrogens (tertiary/aromatic N) is 5. The lowest BCUT2D eigenvalue weighted by atomic mass is 10.0. The third kappa shape index (κ3) is 5.79. The van der Waals surface area contributed by atoms with Gasteiger partial charge in [-0.2, -0.15) is 4.80 Å². The predicted octanol–water partition coefficient (Wildman–Crippen LogP) is 3.97. The maximum absolute atomic E-state index is 13.8. The summed E-state index contributed by atoms with van der Waals surface area (Å²) in [6.07, 6.45) is 5.61. The molecule has 0 aliphatic heterocycles. The maximum atomic E-state index is 13.8. The fourth-order valence-electron chi connectivity index (χ4n) is 4.64. The van der Waals surface area contributed by atoms with Gasteiger partial charge in [-0.25, -0.2) is 0 Å². The minimum atomic E-state index is -0.852. The highest BCUT2D eigenvalue weighted by atomic mass is 16.3. The van der Waals surface area contributed by atoms with Crippen LogP contribution in [0.15, 0.2) is 63.6 Å². The van der Waals surface area contributed by atoms with E-state index in [-0.39, 0.29) is 36.8 Å². The van der Waals surface area contributed by atoms with E-state index in [9.17, 15) is 9.59 Å². The molecule has 1 aromatic carbocycles. The Morgan fingerprint density at radius 2 is 1.89 bits per heavy atom. The number of carbonyl (C=O) groups excluding carboxylic acids is 2. The van der Waals surface area contributed by atoms with Crippen LogP contribution in [0.3, 0.4) is 0 Å². The standard InChI is InChI=1S/C27H30N6O4/c1-18-9-12-20(13-10-18)25(27(35)28-21-6-3-4-7-21)32(16-22-8-5-15-36-22)24(34)17-33-30-26(29-31-33)23-14-11-19(2)37-23/h5,8-15,21,25H,3-4,6-7,16-17H2,1-2H3,(H,28,35)/t25-/m0/s1. The first kappa shape index (κ1) is 24.5. The Morgan fingerprint density at radius 3 is 2.57 bits per heavy atom. The van der Waals surface area contributed by atoms with Gasteiger partial charge in [-0.15, -0.1) is 10.2 Å². The number of benzene rings is 1. The van der Waals surface area contributed by atoms with Crippen LogP contribution < -0.4 is 5.32 Å². The average molecular weight is 503 g/mol. The highest BCUT2D eigenvalue weighted by molar-refractivity contribution is 5.89. The Kier molecular flexibility index (Phi) is 7.16. The third-order valence-electron chi connectivity index (χ3n) is 6.57. The number of rotatable bonds is 9. The molecule has 3 aromatic heterocycles. The monoisotopic (exact) mass is 502 g/mol. The molecule has 10 nitrogen and oxygen atoms in total. The number of tetrazole rings is 1. The van der Waals surface area contributed by atoms with E-state index < -0.39 is 6.04 Å². The van der Waals surface area contributed by atoms with E-state index in [1.807, 2.05) is 38.1 Å². The predicted molar refractivity (Wildman–Crippen MR) is 134 cm³/mol. The van der Waals surface area contributed by atoms with Crippen LogP contribution in [0.4, 0.5) is 0 Å². The van der Waals surface area contributed by atoms with Crippen molar-refractivity contribution in [3.8, 4) is 11.6 Å². The van der Waals surface area contributed by atoms with E-state index in [0.717, 1.165) is 42.6 Å². The van der Waals surface area contributed by atoms with Crippen LogP contribution in [-0.4, -0.2) is 43.0 Å². The molecule has 0 unspecified atom stereocenters. The van der Waals surface area contributed by atoms with Gasteiger partial charge in [0.25, 0.3) is 0 Å². The summed E-state index contributed by atoms with van der Waals surface area (Å²) in [5.74, 6) is 1.49. The number of aromatic nitrogens is 4. The Balaban J connectivity index is 1.44. The van der Waals surface area contributed by atoms with E-state index in [0.29, 0.717) is 11.5 Å². The number of hydrogen-bond donors (Lipinski definition) is 1. The maximum Gasteiger partial charge on any atom is 0.247 e. The molecule has 1 aliphatic rings. The first-order valence-corrected chi connectivity index (χ1v) is 12.5. The molecule has 1 atom stereocenters. The van der Waals surface area contributed by atoms with Gasteiger partial charge in [0, 0.05) is 6.04 Å². The van der Waals surface area contributed by atoms with Gasteiger partial charge in [0.2, 0.25) is 17.6 Å². The Bertz CT molecular complexity index is 1340. The van der Waals surface area contributed by atoms with Crippen molar-refractivity contribution in [3.63, 3.8) is 0 Å². The van der Waals surface area contributed by atoms with Crippen LogP contribution >= 0.6 is 0 Å². The summed E-state index contributed by atoms with van der Waals surface area (Å²) < 4.78 is 11.1. The minimum Gasteiger partial charge on any atom is -0.467 e. The van der Waals surface area contributed by atoms with Crippen molar-refractivity contribution in [1.82, 2.24) is 30.4 Å². The number of amides is 2. The normalized spacial score (nSPS) is 14.5. The molecule has 1 aliphatic carbocycles.